The van der Waals surface area contributed by atoms with Crippen LogP contribution < -0.4 is 5.32 Å². The zero-order chi connectivity index (χ0) is 15.7. The summed E-state index contributed by atoms with van der Waals surface area (Å²) in [5.74, 6) is -0.524. The van der Waals surface area contributed by atoms with E-state index in [4.69, 9.17) is 0 Å². The highest BCUT2D eigenvalue weighted by Crippen LogP contribution is 2.15. The summed E-state index contributed by atoms with van der Waals surface area (Å²) in [6, 6.07) is 6.31. The molecule has 3 aromatic rings. The van der Waals surface area contributed by atoms with Gasteiger partial charge in [-0.3, -0.25) is 4.79 Å². The van der Waals surface area contributed by atoms with Crippen LogP contribution in [-0.4, -0.2) is 25.5 Å². The molecule has 0 aliphatic carbocycles. The van der Waals surface area contributed by atoms with E-state index in [2.05, 4.69) is 36.3 Å². The van der Waals surface area contributed by atoms with Gasteiger partial charge < -0.3 is 5.32 Å². The first-order valence-corrected chi connectivity index (χ1v) is 7.24. The molecule has 0 atom stereocenters. The summed E-state index contributed by atoms with van der Waals surface area (Å²) in [5.41, 5.74) is 1.19. The van der Waals surface area contributed by atoms with Crippen LogP contribution in [0.25, 0.3) is 5.78 Å². The molecule has 0 radical (unpaired) electrons. The molecule has 0 aliphatic rings. The third kappa shape index (κ3) is 2.82. The molecule has 0 saturated carbocycles. The van der Waals surface area contributed by atoms with Crippen LogP contribution in [0, 0.1) is 12.7 Å². The summed E-state index contributed by atoms with van der Waals surface area (Å²) < 4.78 is 15.8. The molecule has 0 spiro atoms. The average molecular weight is 364 g/mol. The van der Waals surface area contributed by atoms with Gasteiger partial charge in [0.05, 0.1) is 0 Å². The van der Waals surface area contributed by atoms with Crippen molar-refractivity contribution in [2.75, 3.05) is 0 Å². The van der Waals surface area contributed by atoms with E-state index in [1.807, 2.05) is 6.92 Å². The number of hydrogen-bond donors (Lipinski definition) is 1. The molecule has 1 aromatic carbocycles. The topological polar surface area (TPSA) is 72.2 Å². The van der Waals surface area contributed by atoms with Crippen molar-refractivity contribution in [2.45, 2.75) is 13.5 Å². The predicted molar refractivity (Wildman–Crippen MR) is 80.8 cm³/mol. The zero-order valence-corrected chi connectivity index (χ0v) is 13.1. The lowest BCUT2D eigenvalue weighted by Gasteiger charge is -2.04. The predicted octanol–water partition coefficient (Wildman–Crippen LogP) is 2.26. The summed E-state index contributed by atoms with van der Waals surface area (Å²) in [4.78, 5) is 20.2. The molecule has 2 heterocycles. The van der Waals surface area contributed by atoms with E-state index in [9.17, 15) is 9.18 Å². The van der Waals surface area contributed by atoms with Crippen LogP contribution in [0.5, 0.6) is 0 Å². The van der Waals surface area contributed by atoms with Crippen molar-refractivity contribution in [1.29, 1.82) is 0 Å². The van der Waals surface area contributed by atoms with E-state index in [1.54, 1.807) is 24.4 Å². The summed E-state index contributed by atoms with van der Waals surface area (Å²) >= 11 is 3.26. The highest BCUT2D eigenvalue weighted by Gasteiger charge is 2.14. The summed E-state index contributed by atoms with van der Waals surface area (Å²) in [6.45, 7) is 1.88. The maximum atomic E-state index is 13.6. The van der Waals surface area contributed by atoms with Gasteiger partial charge in [0.25, 0.3) is 11.7 Å². The first-order valence-electron chi connectivity index (χ1n) is 6.45. The van der Waals surface area contributed by atoms with Crippen LogP contribution in [-0.2, 0) is 6.54 Å². The van der Waals surface area contributed by atoms with E-state index < -0.39 is 5.91 Å². The standard InChI is InChI=1S/C14H11BrFN5O/c1-8-4-5-17-14-19-12(20-21(8)14)13(22)18-7-9-6-10(15)2-3-11(9)16/h2-6H,7H2,1H3,(H,18,22). The van der Waals surface area contributed by atoms with Crippen LogP contribution in [0.1, 0.15) is 21.9 Å². The summed E-state index contributed by atoms with van der Waals surface area (Å²) in [7, 11) is 0. The van der Waals surface area contributed by atoms with Gasteiger partial charge in [0.15, 0.2) is 0 Å². The Kier molecular flexibility index (Phi) is 3.84. The van der Waals surface area contributed by atoms with E-state index in [0.717, 1.165) is 10.2 Å². The van der Waals surface area contributed by atoms with Crippen molar-refractivity contribution >= 4 is 27.6 Å². The first-order chi connectivity index (χ1) is 10.5. The third-order valence-electron chi connectivity index (χ3n) is 3.08. The number of carbonyl (C=O) groups is 1. The SMILES string of the molecule is Cc1ccnc2nc(C(=O)NCc3cc(Br)ccc3F)nn12. The van der Waals surface area contributed by atoms with Crippen LogP contribution in [0.4, 0.5) is 4.39 Å². The number of hydrogen-bond acceptors (Lipinski definition) is 4. The van der Waals surface area contributed by atoms with Crippen LogP contribution in [0.2, 0.25) is 0 Å². The molecule has 22 heavy (non-hydrogen) atoms. The van der Waals surface area contributed by atoms with Crippen molar-refractivity contribution < 1.29 is 9.18 Å². The fourth-order valence-corrected chi connectivity index (χ4v) is 2.34. The van der Waals surface area contributed by atoms with E-state index >= 15 is 0 Å². The quantitative estimate of drug-likeness (QED) is 0.774. The van der Waals surface area contributed by atoms with Crippen molar-refractivity contribution in [2.24, 2.45) is 0 Å². The molecule has 0 saturated heterocycles. The van der Waals surface area contributed by atoms with Gasteiger partial charge in [0.2, 0.25) is 5.82 Å². The second-order valence-corrected chi connectivity index (χ2v) is 5.57. The number of carbonyl (C=O) groups excluding carboxylic acids is 1. The number of benzene rings is 1. The highest BCUT2D eigenvalue weighted by molar-refractivity contribution is 9.10. The number of nitrogens with zero attached hydrogens (tertiary/aromatic N) is 4. The molecule has 0 unspecified atom stereocenters. The minimum absolute atomic E-state index is 0.00259. The third-order valence-corrected chi connectivity index (χ3v) is 3.57. The fourth-order valence-electron chi connectivity index (χ4n) is 1.94. The largest absolute Gasteiger partial charge is 0.345 e. The number of aryl methyl sites for hydroxylation is 1. The first kappa shape index (κ1) is 14.6. The Labute approximate surface area is 133 Å². The van der Waals surface area contributed by atoms with Gasteiger partial charge >= 0.3 is 0 Å². The highest BCUT2D eigenvalue weighted by atomic mass is 79.9. The van der Waals surface area contributed by atoms with Crippen molar-refractivity contribution in [3.05, 3.63) is 57.8 Å². The molecule has 0 fully saturated rings. The molecular formula is C14H11BrFN5O. The minimum Gasteiger partial charge on any atom is -0.345 e. The molecule has 0 bridgehead atoms. The summed E-state index contributed by atoms with van der Waals surface area (Å²) in [6.07, 6.45) is 1.60. The maximum absolute atomic E-state index is 13.6. The minimum atomic E-state index is -0.482. The number of fused-ring (bicyclic) bond motifs is 1. The number of amides is 1. The second kappa shape index (κ2) is 5.80. The van der Waals surface area contributed by atoms with Gasteiger partial charge in [-0.15, -0.1) is 5.10 Å². The normalized spacial score (nSPS) is 10.9. The van der Waals surface area contributed by atoms with Gasteiger partial charge in [0, 0.05) is 28.5 Å². The lowest BCUT2D eigenvalue weighted by atomic mass is 10.2. The Morgan fingerprint density at radius 3 is 3.00 bits per heavy atom. The molecule has 0 aliphatic heterocycles. The number of nitrogens with one attached hydrogen (secondary N) is 1. The van der Waals surface area contributed by atoms with Crippen LogP contribution >= 0.6 is 15.9 Å². The number of aromatic nitrogens is 4. The molecule has 3 rings (SSSR count). The lowest BCUT2D eigenvalue weighted by molar-refractivity contribution is 0.0940. The van der Waals surface area contributed by atoms with Gasteiger partial charge in [-0.2, -0.15) is 4.98 Å². The smallest absolute Gasteiger partial charge is 0.291 e. The van der Waals surface area contributed by atoms with Crippen molar-refractivity contribution in [3.63, 3.8) is 0 Å². The van der Waals surface area contributed by atoms with Gasteiger partial charge in [-0.05, 0) is 31.2 Å². The van der Waals surface area contributed by atoms with E-state index in [1.165, 1.54) is 10.6 Å². The molecule has 8 heteroatoms. The van der Waals surface area contributed by atoms with Crippen molar-refractivity contribution in [3.8, 4) is 0 Å². The van der Waals surface area contributed by atoms with Crippen LogP contribution in [0.15, 0.2) is 34.9 Å². The fraction of sp³-hybridized carbons (Fsp3) is 0.143. The Morgan fingerprint density at radius 2 is 2.23 bits per heavy atom. The van der Waals surface area contributed by atoms with E-state index in [-0.39, 0.29) is 18.2 Å². The number of rotatable bonds is 3. The molecular weight excluding hydrogens is 353 g/mol. The molecule has 2 aromatic heterocycles. The molecule has 6 nitrogen and oxygen atoms in total. The Morgan fingerprint density at radius 1 is 1.41 bits per heavy atom. The van der Waals surface area contributed by atoms with Gasteiger partial charge in [0.1, 0.15) is 5.82 Å². The van der Waals surface area contributed by atoms with Gasteiger partial charge in [-0.25, -0.2) is 13.9 Å². The Hall–Kier alpha value is -2.35. The molecule has 1 N–H and O–H groups in total. The van der Waals surface area contributed by atoms with E-state index in [0.29, 0.717) is 11.3 Å². The monoisotopic (exact) mass is 363 g/mol. The van der Waals surface area contributed by atoms with Gasteiger partial charge in [-0.1, -0.05) is 15.9 Å². The maximum Gasteiger partial charge on any atom is 0.291 e. The Bertz CT molecular complexity index is 864. The number of halogens is 2. The second-order valence-electron chi connectivity index (χ2n) is 4.65. The Balaban J connectivity index is 1.78. The molecule has 112 valence electrons. The van der Waals surface area contributed by atoms with Crippen molar-refractivity contribution in [1.82, 2.24) is 24.9 Å². The summed E-state index contributed by atoms with van der Waals surface area (Å²) in [5, 5.41) is 6.69. The zero-order valence-electron chi connectivity index (χ0n) is 11.5. The van der Waals surface area contributed by atoms with Crippen LogP contribution in [0.3, 0.4) is 0 Å². The molecule has 1 amide bonds. The lowest BCUT2D eigenvalue weighted by Crippen LogP contribution is -2.24. The average Bonchev–Trinajstić information content (AvgIpc) is 2.93.